The van der Waals surface area contributed by atoms with E-state index >= 15 is 0 Å². The first-order chi connectivity index (χ1) is 7.99. The summed E-state index contributed by atoms with van der Waals surface area (Å²) in [6, 6.07) is 4.14. The molecular weight excluding hydrogens is 247 g/mol. The summed E-state index contributed by atoms with van der Waals surface area (Å²) in [5, 5.41) is 9.34. The Labute approximate surface area is 101 Å². The summed E-state index contributed by atoms with van der Waals surface area (Å²) in [5.41, 5.74) is 11.0. The number of halogens is 2. The SMILES string of the molecule is Nc1nc(N)c(F)c(-c2ccc(O)c(Cl)c2)n1. The van der Waals surface area contributed by atoms with Gasteiger partial charge in [0.05, 0.1) is 5.02 Å². The van der Waals surface area contributed by atoms with Gasteiger partial charge in [0.15, 0.2) is 11.6 Å². The lowest BCUT2D eigenvalue weighted by atomic mass is 10.1. The average molecular weight is 255 g/mol. The number of rotatable bonds is 1. The van der Waals surface area contributed by atoms with E-state index in [0.717, 1.165) is 0 Å². The van der Waals surface area contributed by atoms with Gasteiger partial charge in [-0.25, -0.2) is 9.37 Å². The number of nitrogens with zero attached hydrogens (tertiary/aromatic N) is 2. The van der Waals surface area contributed by atoms with E-state index in [1.807, 2.05) is 0 Å². The maximum atomic E-state index is 13.7. The van der Waals surface area contributed by atoms with Gasteiger partial charge >= 0.3 is 0 Å². The van der Waals surface area contributed by atoms with Crippen LogP contribution in [0.25, 0.3) is 11.3 Å². The topological polar surface area (TPSA) is 98.0 Å². The molecule has 0 atom stereocenters. The summed E-state index contributed by atoms with van der Waals surface area (Å²) in [4.78, 5) is 7.23. The molecule has 1 aromatic carbocycles. The third kappa shape index (κ3) is 2.07. The van der Waals surface area contributed by atoms with Gasteiger partial charge in [-0.2, -0.15) is 4.98 Å². The second kappa shape index (κ2) is 4.06. The van der Waals surface area contributed by atoms with Crippen molar-refractivity contribution in [2.24, 2.45) is 0 Å². The Hall–Kier alpha value is -2.08. The standard InChI is InChI=1S/C10H8ClFN4O/c11-5-3-4(1-2-6(5)17)8-7(12)9(13)16-10(14)15-8/h1-3,17H,(H4,13,14,15,16). The van der Waals surface area contributed by atoms with E-state index < -0.39 is 5.82 Å². The molecule has 2 aromatic rings. The van der Waals surface area contributed by atoms with Crippen LogP contribution in [0.3, 0.4) is 0 Å². The summed E-state index contributed by atoms with van der Waals surface area (Å²) in [6.07, 6.45) is 0. The van der Waals surface area contributed by atoms with E-state index in [-0.39, 0.29) is 28.2 Å². The molecule has 2 rings (SSSR count). The van der Waals surface area contributed by atoms with Gasteiger partial charge in [-0.05, 0) is 18.2 Å². The number of hydrogen-bond acceptors (Lipinski definition) is 5. The number of aromatic hydroxyl groups is 1. The molecule has 0 radical (unpaired) electrons. The fraction of sp³-hybridized carbons (Fsp3) is 0. The summed E-state index contributed by atoms with van der Waals surface area (Å²) in [5.74, 6) is -1.36. The summed E-state index contributed by atoms with van der Waals surface area (Å²) in [7, 11) is 0. The monoisotopic (exact) mass is 254 g/mol. The van der Waals surface area contributed by atoms with Gasteiger partial charge in [-0.1, -0.05) is 11.6 Å². The van der Waals surface area contributed by atoms with Gasteiger partial charge in [0.1, 0.15) is 11.4 Å². The summed E-state index contributed by atoms with van der Waals surface area (Å²) >= 11 is 5.72. The Morgan fingerprint density at radius 1 is 1.24 bits per heavy atom. The lowest BCUT2D eigenvalue weighted by Crippen LogP contribution is -2.05. The van der Waals surface area contributed by atoms with Crippen molar-refractivity contribution in [2.75, 3.05) is 11.5 Å². The van der Waals surface area contributed by atoms with E-state index in [2.05, 4.69) is 9.97 Å². The number of phenols is 1. The molecule has 7 heteroatoms. The predicted octanol–water partition coefficient (Wildman–Crippen LogP) is 1.81. The molecule has 5 N–H and O–H groups in total. The normalized spacial score (nSPS) is 10.5. The Morgan fingerprint density at radius 2 is 1.94 bits per heavy atom. The van der Waals surface area contributed by atoms with Crippen molar-refractivity contribution in [1.29, 1.82) is 0 Å². The van der Waals surface area contributed by atoms with E-state index in [4.69, 9.17) is 23.1 Å². The van der Waals surface area contributed by atoms with E-state index in [9.17, 15) is 9.50 Å². The molecule has 1 heterocycles. The van der Waals surface area contributed by atoms with Crippen molar-refractivity contribution in [3.8, 4) is 17.0 Å². The van der Waals surface area contributed by atoms with Crippen molar-refractivity contribution in [3.05, 3.63) is 29.0 Å². The molecule has 0 fully saturated rings. The smallest absolute Gasteiger partial charge is 0.222 e. The van der Waals surface area contributed by atoms with Crippen LogP contribution < -0.4 is 11.5 Å². The largest absolute Gasteiger partial charge is 0.506 e. The highest BCUT2D eigenvalue weighted by Crippen LogP contribution is 2.30. The van der Waals surface area contributed by atoms with Crippen LogP contribution in [0.5, 0.6) is 5.75 Å². The lowest BCUT2D eigenvalue weighted by molar-refractivity contribution is 0.475. The van der Waals surface area contributed by atoms with Crippen LogP contribution in [0.2, 0.25) is 5.02 Å². The minimum Gasteiger partial charge on any atom is -0.506 e. The zero-order valence-corrected chi connectivity index (χ0v) is 9.24. The van der Waals surface area contributed by atoms with E-state index in [1.54, 1.807) is 0 Å². The molecule has 17 heavy (non-hydrogen) atoms. The van der Waals surface area contributed by atoms with Gasteiger partial charge in [0, 0.05) is 5.56 Å². The molecule has 0 amide bonds. The highest BCUT2D eigenvalue weighted by molar-refractivity contribution is 6.32. The van der Waals surface area contributed by atoms with Crippen LogP contribution >= 0.6 is 11.6 Å². The number of hydrogen-bond donors (Lipinski definition) is 3. The predicted molar refractivity (Wildman–Crippen MR) is 62.9 cm³/mol. The van der Waals surface area contributed by atoms with Crippen molar-refractivity contribution in [3.63, 3.8) is 0 Å². The van der Waals surface area contributed by atoms with Gasteiger partial charge in [-0.3, -0.25) is 0 Å². The average Bonchev–Trinajstić information content (AvgIpc) is 2.27. The molecule has 0 unspecified atom stereocenters. The molecule has 0 bridgehead atoms. The second-order valence-electron chi connectivity index (χ2n) is 3.30. The summed E-state index contributed by atoms with van der Waals surface area (Å²) in [6.45, 7) is 0. The maximum Gasteiger partial charge on any atom is 0.222 e. The molecule has 0 spiro atoms. The molecule has 5 nitrogen and oxygen atoms in total. The van der Waals surface area contributed by atoms with Gasteiger partial charge in [0.25, 0.3) is 0 Å². The van der Waals surface area contributed by atoms with Crippen molar-refractivity contribution in [2.45, 2.75) is 0 Å². The van der Waals surface area contributed by atoms with Crippen LogP contribution in [0, 0.1) is 5.82 Å². The van der Waals surface area contributed by atoms with Crippen LogP contribution in [0.15, 0.2) is 18.2 Å². The molecule has 88 valence electrons. The van der Waals surface area contributed by atoms with Crippen molar-refractivity contribution >= 4 is 23.4 Å². The fourth-order valence-corrected chi connectivity index (χ4v) is 1.51. The molecule has 0 saturated heterocycles. The Kier molecular flexibility index (Phi) is 2.72. The maximum absolute atomic E-state index is 13.7. The molecule has 0 aliphatic heterocycles. The van der Waals surface area contributed by atoms with Crippen LogP contribution in [0.4, 0.5) is 16.2 Å². The van der Waals surface area contributed by atoms with Crippen LogP contribution in [0.1, 0.15) is 0 Å². The van der Waals surface area contributed by atoms with Crippen LogP contribution in [-0.2, 0) is 0 Å². The van der Waals surface area contributed by atoms with Crippen molar-refractivity contribution < 1.29 is 9.50 Å². The number of benzene rings is 1. The zero-order chi connectivity index (χ0) is 12.6. The number of nitrogen functional groups attached to an aromatic ring is 2. The minimum absolute atomic E-state index is 0.0584. The quantitative estimate of drug-likeness (QED) is 0.721. The first-order valence-corrected chi connectivity index (χ1v) is 4.94. The van der Waals surface area contributed by atoms with Gasteiger partial charge < -0.3 is 16.6 Å². The number of anilines is 2. The Morgan fingerprint density at radius 3 is 2.59 bits per heavy atom. The van der Waals surface area contributed by atoms with Crippen molar-refractivity contribution in [1.82, 2.24) is 9.97 Å². The van der Waals surface area contributed by atoms with Crippen LogP contribution in [-0.4, -0.2) is 15.1 Å². The Bertz CT molecular complexity index is 591. The number of aromatic nitrogens is 2. The van der Waals surface area contributed by atoms with Gasteiger partial charge in [-0.15, -0.1) is 0 Å². The third-order valence-corrected chi connectivity index (χ3v) is 2.42. The van der Waals surface area contributed by atoms with E-state index in [1.165, 1.54) is 18.2 Å². The Balaban J connectivity index is 2.64. The lowest BCUT2D eigenvalue weighted by Gasteiger charge is -2.06. The second-order valence-corrected chi connectivity index (χ2v) is 3.70. The highest BCUT2D eigenvalue weighted by Gasteiger charge is 2.14. The molecule has 1 aromatic heterocycles. The molecule has 0 aliphatic rings. The summed E-state index contributed by atoms with van der Waals surface area (Å²) < 4.78 is 13.7. The molecule has 0 saturated carbocycles. The fourth-order valence-electron chi connectivity index (χ4n) is 1.33. The zero-order valence-electron chi connectivity index (χ0n) is 8.48. The first kappa shape index (κ1) is 11.4. The number of nitrogens with two attached hydrogens (primary N) is 2. The first-order valence-electron chi connectivity index (χ1n) is 4.56. The van der Waals surface area contributed by atoms with E-state index in [0.29, 0.717) is 5.56 Å². The van der Waals surface area contributed by atoms with Gasteiger partial charge in [0.2, 0.25) is 5.95 Å². The highest BCUT2D eigenvalue weighted by atomic mass is 35.5. The molecular formula is C10H8ClFN4O. The number of phenolic OH excluding ortho intramolecular Hbond substituents is 1. The minimum atomic E-state index is -0.777. The molecule has 0 aliphatic carbocycles. The third-order valence-electron chi connectivity index (χ3n) is 2.12.